The highest BCUT2D eigenvalue weighted by Crippen LogP contribution is 2.26. The molecule has 0 aliphatic carbocycles. The number of ether oxygens (including phenoxy) is 1. The Morgan fingerprint density at radius 3 is 2.67 bits per heavy atom. The van der Waals surface area contributed by atoms with Crippen molar-refractivity contribution in [1.82, 2.24) is 15.2 Å². The molecule has 0 saturated carbocycles. The Hall–Kier alpha value is -2.89. The molecule has 1 aliphatic rings. The van der Waals surface area contributed by atoms with Gasteiger partial charge >= 0.3 is 6.09 Å². The van der Waals surface area contributed by atoms with Gasteiger partial charge in [0.1, 0.15) is 11.8 Å². The van der Waals surface area contributed by atoms with Crippen molar-refractivity contribution in [2.45, 2.75) is 45.4 Å². The van der Waals surface area contributed by atoms with Gasteiger partial charge in [-0.2, -0.15) is 0 Å². The van der Waals surface area contributed by atoms with Gasteiger partial charge in [0.25, 0.3) is 5.91 Å². The Kier molecular flexibility index (Phi) is 5.44. The zero-order chi connectivity index (χ0) is 19.4. The Bertz CT molecular complexity index is 815. The first kappa shape index (κ1) is 18.9. The van der Waals surface area contributed by atoms with Crippen molar-refractivity contribution >= 4 is 12.0 Å². The number of pyridine rings is 1. The minimum Gasteiger partial charge on any atom is -0.444 e. The second kappa shape index (κ2) is 7.78. The first-order valence-electron chi connectivity index (χ1n) is 9.15. The van der Waals surface area contributed by atoms with Crippen LogP contribution >= 0.6 is 0 Å². The molecule has 2 aromatic rings. The van der Waals surface area contributed by atoms with E-state index in [0.29, 0.717) is 18.5 Å². The molecule has 0 radical (unpaired) electrons. The Labute approximate surface area is 159 Å². The van der Waals surface area contributed by atoms with Crippen LogP contribution in [0.4, 0.5) is 4.79 Å². The third-order valence-electron chi connectivity index (χ3n) is 4.33. The van der Waals surface area contributed by atoms with E-state index in [2.05, 4.69) is 10.3 Å². The maximum absolute atomic E-state index is 13.2. The highest BCUT2D eigenvalue weighted by molar-refractivity contribution is 6.01. The lowest BCUT2D eigenvalue weighted by atomic mass is 10.0. The van der Waals surface area contributed by atoms with Gasteiger partial charge < -0.3 is 15.0 Å². The third kappa shape index (κ3) is 4.64. The summed E-state index contributed by atoms with van der Waals surface area (Å²) in [7, 11) is 0. The standard InChI is InChI=1S/C21H25N3O3/c1-21(2,3)27-20(26)23-18-11-7-13-24(18)19(25)17-10-5-4-9-16(17)15-8-6-12-22-14-15/h4-6,8-10,12,14,18H,7,11,13H2,1-3H3,(H,23,26). The normalized spacial score (nSPS) is 16.9. The summed E-state index contributed by atoms with van der Waals surface area (Å²) in [5.41, 5.74) is 1.74. The van der Waals surface area contributed by atoms with Crippen LogP contribution in [0, 0.1) is 0 Å². The molecular weight excluding hydrogens is 342 g/mol. The molecule has 27 heavy (non-hydrogen) atoms. The fourth-order valence-electron chi connectivity index (χ4n) is 3.20. The lowest BCUT2D eigenvalue weighted by Crippen LogP contribution is -2.48. The van der Waals surface area contributed by atoms with Crippen LogP contribution in [-0.4, -0.2) is 40.2 Å². The highest BCUT2D eigenvalue weighted by Gasteiger charge is 2.32. The number of nitrogens with one attached hydrogen (secondary N) is 1. The van der Waals surface area contributed by atoms with Gasteiger partial charge in [0.2, 0.25) is 0 Å². The number of aromatic nitrogens is 1. The molecule has 1 aromatic carbocycles. The predicted molar refractivity (Wildman–Crippen MR) is 103 cm³/mol. The number of hydrogen-bond donors (Lipinski definition) is 1. The zero-order valence-corrected chi connectivity index (χ0v) is 15.9. The molecule has 142 valence electrons. The van der Waals surface area contributed by atoms with E-state index >= 15 is 0 Å². The van der Waals surface area contributed by atoms with Crippen molar-refractivity contribution in [3.8, 4) is 11.1 Å². The minimum absolute atomic E-state index is 0.104. The van der Waals surface area contributed by atoms with E-state index in [1.807, 2.05) is 57.2 Å². The molecule has 0 spiro atoms. The van der Waals surface area contributed by atoms with E-state index < -0.39 is 11.7 Å². The quantitative estimate of drug-likeness (QED) is 0.895. The smallest absolute Gasteiger partial charge is 0.409 e. The average Bonchev–Trinajstić information content (AvgIpc) is 3.08. The maximum Gasteiger partial charge on any atom is 0.409 e. The number of likely N-dealkylation sites (tertiary alicyclic amines) is 1. The number of hydrogen-bond acceptors (Lipinski definition) is 4. The fourth-order valence-corrected chi connectivity index (χ4v) is 3.20. The van der Waals surface area contributed by atoms with E-state index in [1.54, 1.807) is 17.3 Å². The van der Waals surface area contributed by atoms with Gasteiger partial charge in [-0.05, 0) is 51.3 Å². The van der Waals surface area contributed by atoms with Gasteiger partial charge in [-0.15, -0.1) is 0 Å². The van der Waals surface area contributed by atoms with Crippen LogP contribution in [0.3, 0.4) is 0 Å². The first-order chi connectivity index (χ1) is 12.8. The average molecular weight is 367 g/mol. The van der Waals surface area contributed by atoms with Gasteiger partial charge in [0.15, 0.2) is 0 Å². The van der Waals surface area contributed by atoms with E-state index in [1.165, 1.54) is 0 Å². The van der Waals surface area contributed by atoms with Crippen molar-refractivity contribution in [2.75, 3.05) is 6.54 Å². The summed E-state index contributed by atoms with van der Waals surface area (Å²) in [5, 5.41) is 2.83. The Balaban J connectivity index is 1.80. The first-order valence-corrected chi connectivity index (χ1v) is 9.15. The molecule has 1 unspecified atom stereocenters. The summed E-state index contributed by atoms with van der Waals surface area (Å²) in [4.78, 5) is 31.2. The lowest BCUT2D eigenvalue weighted by molar-refractivity contribution is 0.0433. The molecule has 1 atom stereocenters. The Morgan fingerprint density at radius 1 is 1.19 bits per heavy atom. The van der Waals surface area contributed by atoms with Gasteiger partial charge in [-0.25, -0.2) is 4.79 Å². The van der Waals surface area contributed by atoms with Crippen LogP contribution in [0.15, 0.2) is 48.8 Å². The maximum atomic E-state index is 13.2. The number of carbonyl (C=O) groups is 2. The SMILES string of the molecule is CC(C)(C)OC(=O)NC1CCCN1C(=O)c1ccccc1-c1cccnc1. The number of amides is 2. The van der Waals surface area contributed by atoms with Gasteiger partial charge in [0.05, 0.1) is 0 Å². The Morgan fingerprint density at radius 2 is 1.96 bits per heavy atom. The molecule has 6 heteroatoms. The van der Waals surface area contributed by atoms with E-state index in [9.17, 15) is 9.59 Å². The molecule has 1 aliphatic heterocycles. The summed E-state index contributed by atoms with van der Waals surface area (Å²) >= 11 is 0. The molecule has 2 heterocycles. The molecule has 6 nitrogen and oxygen atoms in total. The molecule has 1 saturated heterocycles. The van der Waals surface area contributed by atoms with Crippen molar-refractivity contribution in [3.05, 3.63) is 54.4 Å². The number of benzene rings is 1. The molecule has 1 aromatic heterocycles. The highest BCUT2D eigenvalue weighted by atomic mass is 16.6. The van der Waals surface area contributed by atoms with Crippen LogP contribution < -0.4 is 5.32 Å². The van der Waals surface area contributed by atoms with Crippen molar-refractivity contribution in [1.29, 1.82) is 0 Å². The summed E-state index contributed by atoms with van der Waals surface area (Å²) in [6.45, 7) is 6.04. The molecule has 2 amide bonds. The van der Waals surface area contributed by atoms with E-state index in [4.69, 9.17) is 4.74 Å². The van der Waals surface area contributed by atoms with Crippen LogP contribution in [0.5, 0.6) is 0 Å². The summed E-state index contributed by atoms with van der Waals surface area (Å²) in [6.07, 6.45) is 4.12. The number of carbonyl (C=O) groups excluding carboxylic acids is 2. The van der Waals surface area contributed by atoms with Crippen LogP contribution in [-0.2, 0) is 4.74 Å². The van der Waals surface area contributed by atoms with Crippen molar-refractivity contribution in [2.24, 2.45) is 0 Å². The molecule has 1 N–H and O–H groups in total. The number of nitrogens with zero attached hydrogens (tertiary/aromatic N) is 2. The summed E-state index contributed by atoms with van der Waals surface area (Å²) < 4.78 is 5.33. The van der Waals surface area contributed by atoms with Gasteiger partial charge in [-0.3, -0.25) is 9.78 Å². The topological polar surface area (TPSA) is 71.5 Å². The molecule has 0 bridgehead atoms. The van der Waals surface area contributed by atoms with E-state index in [-0.39, 0.29) is 12.1 Å². The predicted octanol–water partition coefficient (Wildman–Crippen LogP) is 3.84. The molecular formula is C21H25N3O3. The summed E-state index contributed by atoms with van der Waals surface area (Å²) in [5.74, 6) is -0.104. The van der Waals surface area contributed by atoms with E-state index in [0.717, 1.165) is 17.5 Å². The van der Waals surface area contributed by atoms with Crippen LogP contribution in [0.1, 0.15) is 44.0 Å². The van der Waals surface area contributed by atoms with Gasteiger partial charge in [-0.1, -0.05) is 24.3 Å². The fraction of sp³-hybridized carbons (Fsp3) is 0.381. The number of rotatable bonds is 3. The second-order valence-electron chi connectivity index (χ2n) is 7.59. The van der Waals surface area contributed by atoms with Crippen LogP contribution in [0.2, 0.25) is 0 Å². The second-order valence-corrected chi connectivity index (χ2v) is 7.59. The number of alkyl carbamates (subject to hydrolysis) is 1. The largest absolute Gasteiger partial charge is 0.444 e. The molecule has 1 fully saturated rings. The van der Waals surface area contributed by atoms with Gasteiger partial charge in [0, 0.05) is 30.1 Å². The third-order valence-corrected chi connectivity index (χ3v) is 4.33. The van der Waals surface area contributed by atoms with Crippen molar-refractivity contribution < 1.29 is 14.3 Å². The lowest BCUT2D eigenvalue weighted by Gasteiger charge is -2.28. The van der Waals surface area contributed by atoms with Crippen molar-refractivity contribution in [3.63, 3.8) is 0 Å². The zero-order valence-electron chi connectivity index (χ0n) is 15.9. The monoisotopic (exact) mass is 367 g/mol. The minimum atomic E-state index is -0.579. The molecule has 3 rings (SSSR count). The van der Waals surface area contributed by atoms with Crippen LogP contribution in [0.25, 0.3) is 11.1 Å². The summed E-state index contributed by atoms with van der Waals surface area (Å²) in [6, 6.07) is 11.3.